The molecule has 0 radical (unpaired) electrons. The number of halogens is 1. The molecule has 0 fully saturated rings. The molecule has 0 spiro atoms. The number of rotatable bonds is 2. The zero-order chi connectivity index (χ0) is 15.1. The van der Waals surface area contributed by atoms with Crippen molar-refractivity contribution in [3.8, 4) is 0 Å². The van der Waals surface area contributed by atoms with Crippen LogP contribution in [-0.4, -0.2) is 11.8 Å². The lowest BCUT2D eigenvalue weighted by Crippen LogP contribution is -2.31. The van der Waals surface area contributed by atoms with E-state index >= 15 is 0 Å². The Kier molecular flexibility index (Phi) is 3.43. The first-order valence-electron chi connectivity index (χ1n) is 6.40. The molecule has 1 aliphatic heterocycles. The zero-order valence-electron chi connectivity index (χ0n) is 11.5. The Labute approximate surface area is 131 Å². The van der Waals surface area contributed by atoms with Gasteiger partial charge < -0.3 is 0 Å². The van der Waals surface area contributed by atoms with Crippen LogP contribution in [0.3, 0.4) is 0 Å². The quantitative estimate of drug-likeness (QED) is 0.788. The van der Waals surface area contributed by atoms with Crippen LogP contribution in [0.4, 0.5) is 5.69 Å². The van der Waals surface area contributed by atoms with Gasteiger partial charge in [0.05, 0.1) is 11.3 Å². The minimum atomic E-state index is -0.465. The molecule has 2 aromatic rings. The largest absolute Gasteiger partial charge is 0.277 e. The number of anilines is 1. The van der Waals surface area contributed by atoms with Gasteiger partial charge in [0.2, 0.25) is 0 Å². The molecular formula is C16H12ClNO2S. The third-order valence-electron chi connectivity index (χ3n) is 3.54. The monoisotopic (exact) mass is 317 g/mol. The van der Waals surface area contributed by atoms with Gasteiger partial charge in [-0.2, -0.15) is 0 Å². The first-order chi connectivity index (χ1) is 10.0. The van der Waals surface area contributed by atoms with Crippen molar-refractivity contribution in [3.63, 3.8) is 0 Å². The average molecular weight is 318 g/mol. The van der Waals surface area contributed by atoms with Crippen LogP contribution in [0.5, 0.6) is 0 Å². The van der Waals surface area contributed by atoms with Crippen molar-refractivity contribution >= 4 is 46.0 Å². The average Bonchev–Trinajstić information content (AvgIpc) is 3.03. The summed E-state index contributed by atoms with van der Waals surface area (Å²) in [5.41, 5.74) is 2.97. The standard InChI is InChI=1S/C16H12ClNO2S/c1-9-5-6-11(8-10(9)2)18-15(19)13(14(17)16(18)20)12-4-3-7-21-12/h3-8H,1-2H3. The molecule has 1 aliphatic rings. The van der Waals surface area contributed by atoms with Gasteiger partial charge in [-0.25, -0.2) is 4.90 Å². The molecule has 0 aliphatic carbocycles. The van der Waals surface area contributed by atoms with Crippen molar-refractivity contribution in [2.24, 2.45) is 0 Å². The van der Waals surface area contributed by atoms with Gasteiger partial charge in [0, 0.05) is 4.88 Å². The van der Waals surface area contributed by atoms with E-state index in [2.05, 4.69) is 0 Å². The van der Waals surface area contributed by atoms with Crippen molar-refractivity contribution in [2.75, 3.05) is 4.90 Å². The van der Waals surface area contributed by atoms with Crippen LogP contribution < -0.4 is 4.90 Å². The molecule has 0 atom stereocenters. The van der Waals surface area contributed by atoms with E-state index in [-0.39, 0.29) is 16.5 Å². The molecule has 0 bridgehead atoms. The fraction of sp³-hybridized carbons (Fsp3) is 0.125. The maximum absolute atomic E-state index is 12.6. The number of hydrogen-bond acceptors (Lipinski definition) is 3. The first kappa shape index (κ1) is 14.0. The summed E-state index contributed by atoms with van der Waals surface area (Å²) in [6, 6.07) is 9.10. The lowest BCUT2D eigenvalue weighted by molar-refractivity contribution is -0.119. The number of hydrogen-bond donors (Lipinski definition) is 0. The number of thiophene rings is 1. The van der Waals surface area contributed by atoms with Crippen LogP contribution in [0.1, 0.15) is 16.0 Å². The van der Waals surface area contributed by atoms with Crippen molar-refractivity contribution in [1.29, 1.82) is 0 Å². The van der Waals surface area contributed by atoms with Gasteiger partial charge in [0.1, 0.15) is 5.03 Å². The summed E-state index contributed by atoms with van der Waals surface area (Å²) in [7, 11) is 0. The number of aryl methyl sites for hydroxylation is 2. The maximum Gasteiger partial charge on any atom is 0.277 e. The summed E-state index contributed by atoms with van der Waals surface area (Å²) < 4.78 is 0. The number of carbonyl (C=O) groups is 2. The molecule has 1 aromatic carbocycles. The molecule has 106 valence electrons. The van der Waals surface area contributed by atoms with Crippen molar-refractivity contribution in [1.82, 2.24) is 0 Å². The fourth-order valence-corrected chi connectivity index (χ4v) is 3.33. The number of nitrogens with zero attached hydrogens (tertiary/aromatic N) is 1. The predicted octanol–water partition coefficient (Wildman–Crippen LogP) is 3.89. The Bertz CT molecular complexity index is 778. The Morgan fingerprint density at radius 1 is 1.05 bits per heavy atom. The minimum Gasteiger partial charge on any atom is -0.268 e. The van der Waals surface area contributed by atoms with Gasteiger partial charge in [-0.15, -0.1) is 11.3 Å². The first-order valence-corrected chi connectivity index (χ1v) is 7.66. The van der Waals surface area contributed by atoms with E-state index in [4.69, 9.17) is 11.6 Å². The Balaban J connectivity index is 2.06. The van der Waals surface area contributed by atoms with Gasteiger partial charge >= 0.3 is 0 Å². The van der Waals surface area contributed by atoms with Crippen molar-refractivity contribution in [3.05, 3.63) is 56.7 Å². The summed E-state index contributed by atoms with van der Waals surface area (Å²) in [4.78, 5) is 26.8. The van der Waals surface area contributed by atoms with Crippen LogP contribution in [0.2, 0.25) is 0 Å². The normalized spacial score (nSPS) is 15.3. The van der Waals surface area contributed by atoms with Gasteiger partial charge in [0.15, 0.2) is 0 Å². The summed E-state index contributed by atoms with van der Waals surface area (Å²) in [6.45, 7) is 3.92. The molecule has 3 nitrogen and oxygen atoms in total. The van der Waals surface area contributed by atoms with E-state index in [0.717, 1.165) is 16.0 Å². The van der Waals surface area contributed by atoms with Crippen LogP contribution in [0.25, 0.3) is 5.57 Å². The molecule has 2 heterocycles. The minimum absolute atomic E-state index is 0.0133. The lowest BCUT2D eigenvalue weighted by atomic mass is 10.1. The van der Waals surface area contributed by atoms with Crippen LogP contribution in [0, 0.1) is 13.8 Å². The smallest absolute Gasteiger partial charge is 0.268 e. The van der Waals surface area contributed by atoms with E-state index in [0.29, 0.717) is 10.6 Å². The molecule has 5 heteroatoms. The second-order valence-electron chi connectivity index (χ2n) is 4.88. The van der Waals surface area contributed by atoms with Crippen molar-refractivity contribution < 1.29 is 9.59 Å². The fourth-order valence-electron chi connectivity index (χ4n) is 2.24. The Morgan fingerprint density at radius 2 is 1.81 bits per heavy atom. The summed E-state index contributed by atoms with van der Waals surface area (Å²) in [5, 5.41) is 1.84. The van der Waals surface area contributed by atoms with E-state index in [9.17, 15) is 9.59 Å². The third-order valence-corrected chi connectivity index (χ3v) is 4.78. The molecule has 21 heavy (non-hydrogen) atoms. The van der Waals surface area contributed by atoms with Gasteiger partial charge in [-0.1, -0.05) is 23.7 Å². The highest BCUT2D eigenvalue weighted by atomic mass is 35.5. The van der Waals surface area contributed by atoms with E-state index < -0.39 is 5.91 Å². The highest BCUT2D eigenvalue weighted by Gasteiger charge is 2.39. The van der Waals surface area contributed by atoms with Crippen LogP contribution in [-0.2, 0) is 9.59 Å². The number of imide groups is 1. The molecular weight excluding hydrogens is 306 g/mol. The SMILES string of the molecule is Cc1ccc(N2C(=O)C(Cl)=C(c3cccs3)C2=O)cc1C. The van der Waals surface area contributed by atoms with Crippen molar-refractivity contribution in [2.45, 2.75) is 13.8 Å². The summed E-state index contributed by atoms with van der Waals surface area (Å²) in [5.74, 6) is -0.830. The van der Waals surface area contributed by atoms with Gasteiger partial charge in [-0.05, 0) is 48.6 Å². The second-order valence-corrected chi connectivity index (χ2v) is 6.21. The number of benzene rings is 1. The topological polar surface area (TPSA) is 37.4 Å². The van der Waals surface area contributed by atoms with Crippen LogP contribution >= 0.6 is 22.9 Å². The molecule has 0 saturated carbocycles. The molecule has 2 amide bonds. The molecule has 3 rings (SSSR count). The van der Waals surface area contributed by atoms with Crippen LogP contribution in [0.15, 0.2) is 40.7 Å². The number of amides is 2. The van der Waals surface area contributed by atoms with E-state index in [1.54, 1.807) is 12.1 Å². The molecule has 0 N–H and O–H groups in total. The van der Waals surface area contributed by atoms with E-state index in [1.165, 1.54) is 11.3 Å². The van der Waals surface area contributed by atoms with Gasteiger partial charge in [0.25, 0.3) is 11.8 Å². The van der Waals surface area contributed by atoms with Gasteiger partial charge in [-0.3, -0.25) is 9.59 Å². The second kappa shape index (κ2) is 5.13. The zero-order valence-corrected chi connectivity index (χ0v) is 13.1. The predicted molar refractivity (Wildman–Crippen MR) is 85.5 cm³/mol. The maximum atomic E-state index is 12.6. The Morgan fingerprint density at radius 3 is 2.43 bits per heavy atom. The highest BCUT2D eigenvalue weighted by Crippen LogP contribution is 2.36. The molecule has 0 unspecified atom stereocenters. The summed E-state index contributed by atoms with van der Waals surface area (Å²) in [6.07, 6.45) is 0. The number of carbonyl (C=O) groups excluding carboxylic acids is 2. The highest BCUT2D eigenvalue weighted by molar-refractivity contribution is 7.11. The Hall–Kier alpha value is -1.91. The molecule has 1 aromatic heterocycles. The molecule has 0 saturated heterocycles. The lowest BCUT2D eigenvalue weighted by Gasteiger charge is -2.16. The van der Waals surface area contributed by atoms with E-state index in [1.807, 2.05) is 37.4 Å². The third kappa shape index (κ3) is 2.20. The summed E-state index contributed by atoms with van der Waals surface area (Å²) >= 11 is 7.50.